The Labute approximate surface area is 187 Å². The molecule has 1 N–H and O–H groups in total. The molecular formula is C26H26N4O2. The lowest BCUT2D eigenvalue weighted by Crippen LogP contribution is -2.12. The van der Waals surface area contributed by atoms with Crippen molar-refractivity contribution in [1.29, 1.82) is 0 Å². The summed E-state index contributed by atoms with van der Waals surface area (Å²) in [5.74, 6) is 0.569. The molecule has 6 heteroatoms. The van der Waals surface area contributed by atoms with Gasteiger partial charge in [0.05, 0.1) is 12.3 Å². The second-order valence-electron chi connectivity index (χ2n) is 7.43. The minimum atomic E-state index is -0.139. The molecule has 0 aliphatic rings. The zero-order valence-corrected chi connectivity index (χ0v) is 18.5. The smallest absolute Gasteiger partial charge is 0.336 e. The van der Waals surface area contributed by atoms with Gasteiger partial charge in [-0.2, -0.15) is 4.98 Å². The van der Waals surface area contributed by atoms with Gasteiger partial charge in [-0.3, -0.25) is 4.79 Å². The van der Waals surface area contributed by atoms with E-state index in [1.807, 2.05) is 86.6 Å². The zero-order chi connectivity index (χ0) is 22.5. The van der Waals surface area contributed by atoms with Crippen molar-refractivity contribution in [2.45, 2.75) is 27.2 Å². The number of aryl methyl sites for hydroxylation is 2. The topological polar surface area (TPSA) is 69.0 Å². The second-order valence-corrected chi connectivity index (χ2v) is 7.43. The quantitative estimate of drug-likeness (QED) is 0.426. The molecule has 32 heavy (non-hydrogen) atoms. The Morgan fingerprint density at radius 3 is 2.34 bits per heavy atom. The maximum Gasteiger partial charge on any atom is 0.336 e. The fourth-order valence-corrected chi connectivity index (χ4v) is 3.44. The first-order valence-electron chi connectivity index (χ1n) is 10.8. The lowest BCUT2D eigenvalue weighted by Gasteiger charge is -2.10. The molecule has 162 valence electrons. The van der Waals surface area contributed by atoms with Crippen molar-refractivity contribution in [3.63, 3.8) is 0 Å². The van der Waals surface area contributed by atoms with Crippen LogP contribution >= 0.6 is 0 Å². The third-order valence-electron chi connectivity index (χ3n) is 5.24. The van der Waals surface area contributed by atoms with Gasteiger partial charge < -0.3 is 10.1 Å². The van der Waals surface area contributed by atoms with Gasteiger partial charge in [-0.1, -0.05) is 43.3 Å². The van der Waals surface area contributed by atoms with Crippen molar-refractivity contribution in [2.24, 2.45) is 0 Å². The van der Waals surface area contributed by atoms with E-state index in [1.165, 1.54) is 5.56 Å². The number of rotatable bonds is 7. The predicted octanol–water partition coefficient (Wildman–Crippen LogP) is 5.46. The van der Waals surface area contributed by atoms with Crippen LogP contribution < -0.4 is 10.1 Å². The number of hydrogen-bond acceptors (Lipinski definition) is 4. The van der Waals surface area contributed by atoms with Crippen LogP contribution in [0.3, 0.4) is 0 Å². The molecule has 0 radical (unpaired) electrons. The van der Waals surface area contributed by atoms with Crippen molar-refractivity contribution >= 4 is 11.6 Å². The first kappa shape index (κ1) is 21.3. The van der Waals surface area contributed by atoms with E-state index in [2.05, 4.69) is 22.3 Å². The summed E-state index contributed by atoms with van der Waals surface area (Å²) >= 11 is 0. The zero-order valence-electron chi connectivity index (χ0n) is 18.5. The normalized spacial score (nSPS) is 10.7. The van der Waals surface area contributed by atoms with Gasteiger partial charge in [0, 0.05) is 16.8 Å². The maximum atomic E-state index is 12.6. The van der Waals surface area contributed by atoms with Crippen LogP contribution in [-0.2, 0) is 6.42 Å². The SMILES string of the molecule is CCOc1nc(-c2ccccc2C)n(-c2ccc(NC(=O)c3ccc(CC)cc3)cc2)n1. The van der Waals surface area contributed by atoms with Gasteiger partial charge in [0.1, 0.15) is 0 Å². The van der Waals surface area contributed by atoms with Crippen LogP contribution in [0, 0.1) is 6.92 Å². The Balaban J connectivity index is 1.59. The highest BCUT2D eigenvalue weighted by atomic mass is 16.5. The number of nitrogens with zero attached hydrogens (tertiary/aromatic N) is 3. The summed E-state index contributed by atoms with van der Waals surface area (Å²) < 4.78 is 7.32. The van der Waals surface area contributed by atoms with Gasteiger partial charge in [-0.25, -0.2) is 4.68 Å². The molecule has 1 heterocycles. The summed E-state index contributed by atoms with van der Waals surface area (Å²) in [4.78, 5) is 17.2. The number of ether oxygens (including phenoxy) is 1. The van der Waals surface area contributed by atoms with E-state index < -0.39 is 0 Å². The average molecular weight is 427 g/mol. The fraction of sp³-hybridized carbons (Fsp3) is 0.192. The summed E-state index contributed by atoms with van der Waals surface area (Å²) in [5, 5.41) is 7.48. The summed E-state index contributed by atoms with van der Waals surface area (Å²) in [5.41, 5.74) is 5.45. The third kappa shape index (κ3) is 4.54. The molecular weight excluding hydrogens is 400 g/mol. The van der Waals surface area contributed by atoms with Gasteiger partial charge in [-0.05, 0) is 67.8 Å². The van der Waals surface area contributed by atoms with E-state index >= 15 is 0 Å². The Morgan fingerprint density at radius 1 is 0.969 bits per heavy atom. The lowest BCUT2D eigenvalue weighted by molar-refractivity contribution is 0.102. The van der Waals surface area contributed by atoms with Crippen LogP contribution in [0.25, 0.3) is 17.1 Å². The Morgan fingerprint density at radius 2 is 1.69 bits per heavy atom. The maximum absolute atomic E-state index is 12.6. The average Bonchev–Trinajstić information content (AvgIpc) is 3.24. The number of hydrogen-bond donors (Lipinski definition) is 1. The number of amides is 1. The van der Waals surface area contributed by atoms with E-state index in [9.17, 15) is 4.79 Å². The monoisotopic (exact) mass is 426 g/mol. The molecule has 0 unspecified atom stereocenters. The first-order valence-corrected chi connectivity index (χ1v) is 10.8. The van der Waals surface area contributed by atoms with Gasteiger partial charge >= 0.3 is 6.01 Å². The predicted molar refractivity (Wildman–Crippen MR) is 126 cm³/mol. The van der Waals surface area contributed by atoms with Crippen LogP contribution in [0.4, 0.5) is 5.69 Å². The van der Waals surface area contributed by atoms with Crippen molar-refractivity contribution in [3.8, 4) is 23.1 Å². The van der Waals surface area contributed by atoms with Gasteiger partial charge in [0.2, 0.25) is 0 Å². The summed E-state index contributed by atoms with van der Waals surface area (Å²) in [6.07, 6.45) is 0.946. The van der Waals surface area contributed by atoms with Gasteiger partial charge in [0.25, 0.3) is 5.91 Å². The highest BCUT2D eigenvalue weighted by molar-refractivity contribution is 6.04. The minimum Gasteiger partial charge on any atom is -0.463 e. The second kappa shape index (κ2) is 9.47. The van der Waals surface area contributed by atoms with Crippen molar-refractivity contribution in [3.05, 3.63) is 89.5 Å². The lowest BCUT2D eigenvalue weighted by atomic mass is 10.1. The molecule has 1 aromatic heterocycles. The van der Waals surface area contributed by atoms with Crippen LogP contribution in [0.5, 0.6) is 6.01 Å². The number of benzene rings is 3. The standard InChI is InChI=1S/C26H26N4O2/c1-4-19-10-12-20(13-11-19)25(31)27-21-14-16-22(17-15-21)30-24(28-26(29-30)32-5-2)23-9-7-6-8-18(23)3/h6-17H,4-5H2,1-3H3,(H,27,31). The largest absolute Gasteiger partial charge is 0.463 e. The van der Waals surface area contributed by atoms with Gasteiger partial charge in [-0.15, -0.1) is 5.10 Å². The summed E-state index contributed by atoms with van der Waals surface area (Å²) in [7, 11) is 0. The minimum absolute atomic E-state index is 0.139. The molecule has 1 amide bonds. The highest BCUT2D eigenvalue weighted by Gasteiger charge is 2.16. The molecule has 3 aromatic carbocycles. The summed E-state index contributed by atoms with van der Waals surface area (Å²) in [6, 6.07) is 23.5. The molecule has 0 fully saturated rings. The molecule has 0 atom stereocenters. The Hall–Kier alpha value is -3.93. The van der Waals surface area contributed by atoms with Crippen molar-refractivity contribution < 1.29 is 9.53 Å². The number of anilines is 1. The van der Waals surface area contributed by atoms with E-state index in [4.69, 9.17) is 4.74 Å². The molecule has 6 nitrogen and oxygen atoms in total. The number of carbonyl (C=O) groups is 1. The number of nitrogens with one attached hydrogen (secondary N) is 1. The van der Waals surface area contributed by atoms with Crippen molar-refractivity contribution in [2.75, 3.05) is 11.9 Å². The van der Waals surface area contributed by atoms with Crippen LogP contribution in [-0.4, -0.2) is 27.3 Å². The fourth-order valence-electron chi connectivity index (χ4n) is 3.44. The number of aromatic nitrogens is 3. The molecule has 0 bridgehead atoms. The molecule has 0 spiro atoms. The molecule has 0 aliphatic carbocycles. The highest BCUT2D eigenvalue weighted by Crippen LogP contribution is 2.27. The van der Waals surface area contributed by atoms with E-state index in [0.29, 0.717) is 29.7 Å². The van der Waals surface area contributed by atoms with Crippen LogP contribution in [0.1, 0.15) is 35.3 Å². The molecule has 4 rings (SSSR count). The first-order chi connectivity index (χ1) is 15.6. The van der Waals surface area contributed by atoms with Crippen LogP contribution in [0.15, 0.2) is 72.8 Å². The van der Waals surface area contributed by atoms with E-state index in [1.54, 1.807) is 4.68 Å². The Kier molecular flexibility index (Phi) is 6.31. The van der Waals surface area contributed by atoms with Crippen LogP contribution in [0.2, 0.25) is 0 Å². The molecule has 0 aliphatic heterocycles. The number of carbonyl (C=O) groups excluding carboxylic acids is 1. The Bertz CT molecular complexity index is 1210. The van der Waals surface area contributed by atoms with E-state index in [-0.39, 0.29) is 5.91 Å². The van der Waals surface area contributed by atoms with E-state index in [0.717, 1.165) is 23.2 Å². The summed E-state index contributed by atoms with van der Waals surface area (Å²) in [6.45, 7) is 6.52. The van der Waals surface area contributed by atoms with Gasteiger partial charge in [0.15, 0.2) is 5.82 Å². The molecule has 0 saturated heterocycles. The molecule has 4 aromatic rings. The third-order valence-corrected chi connectivity index (χ3v) is 5.24. The molecule has 0 saturated carbocycles. The van der Waals surface area contributed by atoms with Crippen molar-refractivity contribution in [1.82, 2.24) is 14.8 Å².